The molecular formula is C13H14FN3. The predicted octanol–water partition coefficient (Wildman–Crippen LogP) is 1.83. The van der Waals surface area contributed by atoms with Gasteiger partial charge in [-0.3, -0.25) is 0 Å². The standard InChI is InChI=1S/C13H14FN3/c14-10-1-4-12(5-2-10)17-13-6-3-11(15)7-9(13)8-16-17/h1-2,4-5,8,11H,3,6-7,15H2. The van der Waals surface area contributed by atoms with Crippen LogP contribution in [0.4, 0.5) is 4.39 Å². The topological polar surface area (TPSA) is 43.8 Å². The van der Waals surface area contributed by atoms with Crippen molar-refractivity contribution < 1.29 is 4.39 Å². The minimum atomic E-state index is -0.225. The number of fused-ring (bicyclic) bond motifs is 1. The monoisotopic (exact) mass is 231 g/mol. The summed E-state index contributed by atoms with van der Waals surface area (Å²) in [6.07, 6.45) is 4.68. The lowest BCUT2D eigenvalue weighted by molar-refractivity contribution is 0.562. The molecule has 17 heavy (non-hydrogen) atoms. The van der Waals surface area contributed by atoms with E-state index in [1.54, 1.807) is 12.1 Å². The Balaban J connectivity index is 2.02. The van der Waals surface area contributed by atoms with Crippen molar-refractivity contribution in [3.63, 3.8) is 0 Å². The zero-order chi connectivity index (χ0) is 11.8. The van der Waals surface area contributed by atoms with Gasteiger partial charge in [-0.25, -0.2) is 9.07 Å². The van der Waals surface area contributed by atoms with Gasteiger partial charge in [0, 0.05) is 11.7 Å². The van der Waals surface area contributed by atoms with E-state index in [0.717, 1.165) is 24.9 Å². The average Bonchev–Trinajstić information content (AvgIpc) is 2.73. The quantitative estimate of drug-likeness (QED) is 0.813. The Labute approximate surface area is 99.1 Å². The molecule has 0 saturated heterocycles. The zero-order valence-corrected chi connectivity index (χ0v) is 9.44. The first-order valence-corrected chi connectivity index (χ1v) is 5.81. The molecule has 0 fully saturated rings. The third kappa shape index (κ3) is 1.85. The predicted molar refractivity (Wildman–Crippen MR) is 63.5 cm³/mol. The van der Waals surface area contributed by atoms with Crippen molar-refractivity contribution in [2.45, 2.75) is 25.3 Å². The second kappa shape index (κ2) is 3.96. The lowest BCUT2D eigenvalue weighted by Crippen LogP contribution is -2.28. The number of nitrogens with zero attached hydrogens (tertiary/aromatic N) is 2. The summed E-state index contributed by atoms with van der Waals surface area (Å²) >= 11 is 0. The first kappa shape index (κ1) is 10.5. The van der Waals surface area contributed by atoms with Crippen LogP contribution < -0.4 is 5.73 Å². The van der Waals surface area contributed by atoms with Gasteiger partial charge in [0.05, 0.1) is 11.9 Å². The second-order valence-electron chi connectivity index (χ2n) is 4.51. The molecule has 3 rings (SSSR count). The molecule has 1 aliphatic carbocycles. The van der Waals surface area contributed by atoms with E-state index < -0.39 is 0 Å². The Bertz CT molecular complexity index is 530. The van der Waals surface area contributed by atoms with E-state index in [2.05, 4.69) is 5.10 Å². The van der Waals surface area contributed by atoms with E-state index in [-0.39, 0.29) is 11.9 Å². The second-order valence-corrected chi connectivity index (χ2v) is 4.51. The van der Waals surface area contributed by atoms with Crippen LogP contribution in [0.2, 0.25) is 0 Å². The van der Waals surface area contributed by atoms with Crippen LogP contribution in [0.1, 0.15) is 17.7 Å². The van der Waals surface area contributed by atoms with Gasteiger partial charge in [0.2, 0.25) is 0 Å². The maximum absolute atomic E-state index is 12.9. The van der Waals surface area contributed by atoms with E-state index in [4.69, 9.17) is 5.73 Å². The van der Waals surface area contributed by atoms with E-state index in [1.165, 1.54) is 23.4 Å². The molecule has 0 amide bonds. The van der Waals surface area contributed by atoms with E-state index in [1.807, 2.05) is 10.9 Å². The Morgan fingerprint density at radius 3 is 2.82 bits per heavy atom. The highest BCUT2D eigenvalue weighted by atomic mass is 19.1. The van der Waals surface area contributed by atoms with Crippen molar-refractivity contribution in [2.75, 3.05) is 0 Å². The molecule has 0 bridgehead atoms. The number of aromatic nitrogens is 2. The van der Waals surface area contributed by atoms with Crippen molar-refractivity contribution in [3.8, 4) is 5.69 Å². The lowest BCUT2D eigenvalue weighted by atomic mass is 9.94. The van der Waals surface area contributed by atoms with Crippen LogP contribution >= 0.6 is 0 Å². The van der Waals surface area contributed by atoms with Crippen LogP contribution in [-0.2, 0) is 12.8 Å². The number of nitrogens with two attached hydrogens (primary N) is 1. The van der Waals surface area contributed by atoms with Crippen LogP contribution in [0.15, 0.2) is 30.5 Å². The highest BCUT2D eigenvalue weighted by Crippen LogP contribution is 2.23. The van der Waals surface area contributed by atoms with Gasteiger partial charge in [-0.1, -0.05) is 0 Å². The largest absolute Gasteiger partial charge is 0.327 e. The highest BCUT2D eigenvalue weighted by Gasteiger charge is 2.20. The molecule has 1 unspecified atom stereocenters. The van der Waals surface area contributed by atoms with Gasteiger partial charge in [0.15, 0.2) is 0 Å². The van der Waals surface area contributed by atoms with E-state index in [9.17, 15) is 4.39 Å². The van der Waals surface area contributed by atoms with Crippen LogP contribution in [0.25, 0.3) is 5.69 Å². The molecule has 0 saturated carbocycles. The third-order valence-electron chi connectivity index (χ3n) is 3.26. The van der Waals surface area contributed by atoms with Crippen molar-refractivity contribution in [1.82, 2.24) is 9.78 Å². The minimum Gasteiger partial charge on any atom is -0.327 e. The summed E-state index contributed by atoms with van der Waals surface area (Å²) in [5, 5.41) is 4.37. The summed E-state index contributed by atoms with van der Waals surface area (Å²) in [5.74, 6) is -0.225. The minimum absolute atomic E-state index is 0.225. The first-order valence-electron chi connectivity index (χ1n) is 5.81. The van der Waals surface area contributed by atoms with Crippen LogP contribution in [-0.4, -0.2) is 15.8 Å². The van der Waals surface area contributed by atoms with E-state index >= 15 is 0 Å². The lowest BCUT2D eigenvalue weighted by Gasteiger charge is -2.19. The number of rotatable bonds is 1. The Kier molecular flexibility index (Phi) is 2.44. The van der Waals surface area contributed by atoms with Crippen molar-refractivity contribution in [3.05, 3.63) is 47.5 Å². The van der Waals surface area contributed by atoms with Crippen molar-refractivity contribution in [2.24, 2.45) is 5.73 Å². The summed E-state index contributed by atoms with van der Waals surface area (Å²) in [6.45, 7) is 0. The van der Waals surface area contributed by atoms with Gasteiger partial charge in [-0.2, -0.15) is 5.10 Å². The maximum atomic E-state index is 12.9. The first-order chi connectivity index (χ1) is 8.24. The number of hydrogen-bond acceptors (Lipinski definition) is 2. The molecule has 0 radical (unpaired) electrons. The Morgan fingerprint density at radius 1 is 1.29 bits per heavy atom. The Hall–Kier alpha value is -1.68. The van der Waals surface area contributed by atoms with Gasteiger partial charge in [-0.15, -0.1) is 0 Å². The summed E-state index contributed by atoms with van der Waals surface area (Å²) in [5.41, 5.74) is 9.26. The van der Waals surface area contributed by atoms with Gasteiger partial charge in [0.25, 0.3) is 0 Å². The van der Waals surface area contributed by atoms with Gasteiger partial charge in [0.1, 0.15) is 5.82 Å². The average molecular weight is 231 g/mol. The fourth-order valence-electron chi connectivity index (χ4n) is 2.36. The molecule has 1 atom stereocenters. The SMILES string of the molecule is NC1CCc2c(cnn2-c2ccc(F)cc2)C1. The summed E-state index contributed by atoms with van der Waals surface area (Å²) < 4.78 is 14.8. The van der Waals surface area contributed by atoms with Gasteiger partial charge in [-0.05, 0) is 49.1 Å². The summed E-state index contributed by atoms with van der Waals surface area (Å²) in [4.78, 5) is 0. The normalized spacial score (nSPS) is 19.1. The molecule has 1 heterocycles. The fraction of sp³-hybridized carbons (Fsp3) is 0.308. The smallest absolute Gasteiger partial charge is 0.123 e. The molecule has 1 aromatic heterocycles. The molecule has 4 heteroatoms. The fourth-order valence-corrected chi connectivity index (χ4v) is 2.36. The Morgan fingerprint density at radius 2 is 2.06 bits per heavy atom. The number of hydrogen-bond donors (Lipinski definition) is 1. The van der Waals surface area contributed by atoms with Crippen LogP contribution in [0.3, 0.4) is 0 Å². The van der Waals surface area contributed by atoms with Crippen LogP contribution in [0, 0.1) is 5.82 Å². The van der Waals surface area contributed by atoms with E-state index in [0.29, 0.717) is 0 Å². The molecule has 0 spiro atoms. The number of halogens is 1. The molecule has 2 aromatic rings. The third-order valence-corrected chi connectivity index (χ3v) is 3.26. The molecular weight excluding hydrogens is 217 g/mol. The molecule has 1 aliphatic rings. The summed E-state index contributed by atoms with van der Waals surface area (Å²) in [6, 6.07) is 6.65. The summed E-state index contributed by atoms with van der Waals surface area (Å²) in [7, 11) is 0. The molecule has 3 nitrogen and oxygen atoms in total. The molecule has 0 aliphatic heterocycles. The van der Waals surface area contributed by atoms with Gasteiger partial charge >= 0.3 is 0 Å². The molecule has 88 valence electrons. The highest BCUT2D eigenvalue weighted by molar-refractivity contribution is 5.36. The number of benzene rings is 1. The van der Waals surface area contributed by atoms with Gasteiger partial charge < -0.3 is 5.73 Å². The van der Waals surface area contributed by atoms with Crippen molar-refractivity contribution in [1.29, 1.82) is 0 Å². The molecule has 2 N–H and O–H groups in total. The maximum Gasteiger partial charge on any atom is 0.123 e. The zero-order valence-electron chi connectivity index (χ0n) is 9.44. The van der Waals surface area contributed by atoms with Crippen LogP contribution in [0.5, 0.6) is 0 Å². The van der Waals surface area contributed by atoms with Crippen molar-refractivity contribution >= 4 is 0 Å². The molecule has 1 aromatic carbocycles.